The maximum atomic E-state index is 14.0. The van der Waals surface area contributed by atoms with Gasteiger partial charge in [-0.25, -0.2) is 9.37 Å². The summed E-state index contributed by atoms with van der Waals surface area (Å²) in [7, 11) is 0. The van der Waals surface area contributed by atoms with Crippen LogP contribution in [0.4, 0.5) is 17.6 Å². The molecule has 24 heavy (non-hydrogen) atoms. The first kappa shape index (κ1) is 16.7. The van der Waals surface area contributed by atoms with Crippen LogP contribution in [0, 0.1) is 5.82 Å². The van der Waals surface area contributed by atoms with E-state index < -0.39 is 17.9 Å². The van der Waals surface area contributed by atoms with Gasteiger partial charge in [-0.05, 0) is 31.5 Å². The Bertz CT molecular complexity index is 675. The van der Waals surface area contributed by atoms with Crippen LogP contribution in [-0.2, 0) is 6.54 Å². The van der Waals surface area contributed by atoms with Crippen molar-refractivity contribution in [3.8, 4) is 5.75 Å². The zero-order valence-electron chi connectivity index (χ0n) is 12.7. The van der Waals surface area contributed by atoms with Gasteiger partial charge in [0.15, 0.2) is 0 Å². The number of nitrogens with one attached hydrogen (secondary N) is 1. The third-order valence-corrected chi connectivity index (χ3v) is 4.01. The summed E-state index contributed by atoms with van der Waals surface area (Å²) in [5, 5.41) is 6.63. The van der Waals surface area contributed by atoms with E-state index in [2.05, 4.69) is 19.9 Å². The smallest absolute Gasteiger partial charge is 0.405 e. The topological polar surface area (TPSA) is 54.0 Å². The minimum absolute atomic E-state index is 0.0444. The van der Waals surface area contributed by atoms with Crippen LogP contribution in [0.15, 0.2) is 24.5 Å². The van der Waals surface area contributed by atoms with E-state index >= 15 is 0 Å². The number of aromatic amines is 1. The van der Waals surface area contributed by atoms with E-state index in [1.807, 2.05) is 4.90 Å². The van der Waals surface area contributed by atoms with E-state index in [1.165, 1.54) is 12.4 Å². The highest BCUT2D eigenvalue weighted by Gasteiger charge is 2.33. The number of alkyl halides is 3. The Morgan fingerprint density at radius 3 is 2.88 bits per heavy atom. The van der Waals surface area contributed by atoms with Crippen LogP contribution in [0.1, 0.15) is 30.1 Å². The largest absolute Gasteiger partial charge is 0.573 e. The zero-order valence-corrected chi connectivity index (χ0v) is 12.7. The van der Waals surface area contributed by atoms with Crippen molar-refractivity contribution in [2.45, 2.75) is 31.7 Å². The number of hydrogen-bond donors (Lipinski definition) is 1. The normalized spacial score (nSPS) is 19.4. The molecule has 0 aliphatic carbocycles. The number of hydrogen-bond acceptors (Lipinski definition) is 4. The summed E-state index contributed by atoms with van der Waals surface area (Å²) in [6, 6.07) is 3.47. The molecule has 1 saturated heterocycles. The molecule has 0 saturated carbocycles. The van der Waals surface area contributed by atoms with Crippen molar-refractivity contribution >= 4 is 0 Å². The molecule has 1 aromatic carbocycles. The third kappa shape index (κ3) is 4.02. The van der Waals surface area contributed by atoms with E-state index in [0.717, 1.165) is 30.8 Å². The molecule has 2 heterocycles. The van der Waals surface area contributed by atoms with E-state index in [0.29, 0.717) is 13.1 Å². The molecule has 0 bridgehead atoms. The first-order chi connectivity index (χ1) is 11.4. The predicted molar refractivity (Wildman–Crippen MR) is 76.7 cm³/mol. The van der Waals surface area contributed by atoms with Gasteiger partial charge in [0, 0.05) is 24.6 Å². The van der Waals surface area contributed by atoms with E-state index in [9.17, 15) is 17.6 Å². The molecular formula is C15H16F4N4O. The molecule has 0 amide bonds. The second-order valence-electron chi connectivity index (χ2n) is 5.71. The summed E-state index contributed by atoms with van der Waals surface area (Å²) in [5.41, 5.74) is -0.0898. The fourth-order valence-corrected chi connectivity index (χ4v) is 2.97. The molecule has 9 heteroatoms. The molecule has 1 N–H and O–H groups in total. The molecule has 130 valence electrons. The monoisotopic (exact) mass is 344 g/mol. The number of benzene rings is 1. The van der Waals surface area contributed by atoms with Crippen LogP contribution in [0.5, 0.6) is 5.75 Å². The summed E-state index contributed by atoms with van der Waals surface area (Å²) in [6.45, 7) is 1.28. The summed E-state index contributed by atoms with van der Waals surface area (Å²) >= 11 is 0. The number of likely N-dealkylation sites (tertiary alicyclic amines) is 1. The second kappa shape index (κ2) is 6.76. The van der Waals surface area contributed by atoms with Crippen LogP contribution >= 0.6 is 0 Å². The second-order valence-corrected chi connectivity index (χ2v) is 5.71. The lowest BCUT2D eigenvalue weighted by Gasteiger charge is -2.32. The standard InChI is InChI=1S/C15H16F4N4O/c16-12-4-1-5-13(24-15(17,18)19)11(12)8-23-6-2-3-10(7-23)14-20-9-21-22-14/h1,4-5,9-10H,2-3,6-8H2,(H,20,21,22)/t10-/m1/s1. The third-order valence-electron chi connectivity index (χ3n) is 4.01. The molecular weight excluding hydrogens is 328 g/mol. The van der Waals surface area contributed by atoms with Gasteiger partial charge in [0.05, 0.1) is 0 Å². The number of nitrogens with zero attached hydrogens (tertiary/aromatic N) is 3. The average Bonchev–Trinajstić information content (AvgIpc) is 3.04. The number of aromatic nitrogens is 3. The molecule has 5 nitrogen and oxygen atoms in total. The Morgan fingerprint density at radius 2 is 2.17 bits per heavy atom. The molecule has 1 aliphatic rings. The minimum Gasteiger partial charge on any atom is -0.405 e. The quantitative estimate of drug-likeness (QED) is 0.866. The van der Waals surface area contributed by atoms with Crippen molar-refractivity contribution < 1.29 is 22.3 Å². The average molecular weight is 344 g/mol. The van der Waals surface area contributed by atoms with Crippen molar-refractivity contribution in [2.75, 3.05) is 13.1 Å². The summed E-state index contributed by atoms with van der Waals surface area (Å²) in [6.07, 6.45) is -1.70. The van der Waals surface area contributed by atoms with E-state index in [1.54, 1.807) is 0 Å². The Hall–Kier alpha value is -2.16. The number of H-pyrrole nitrogens is 1. The van der Waals surface area contributed by atoms with Gasteiger partial charge in [0.1, 0.15) is 23.7 Å². The highest BCUT2D eigenvalue weighted by Crippen LogP contribution is 2.31. The minimum atomic E-state index is -4.85. The molecule has 1 atom stereocenters. The number of rotatable bonds is 4. The lowest BCUT2D eigenvalue weighted by molar-refractivity contribution is -0.275. The maximum absolute atomic E-state index is 14.0. The van der Waals surface area contributed by atoms with Crippen LogP contribution in [0.25, 0.3) is 0 Å². The van der Waals surface area contributed by atoms with Gasteiger partial charge in [0.2, 0.25) is 0 Å². The molecule has 0 radical (unpaired) electrons. The Morgan fingerprint density at radius 1 is 1.33 bits per heavy atom. The summed E-state index contributed by atoms with van der Waals surface area (Å²) < 4.78 is 55.5. The predicted octanol–water partition coefficient (Wildman–Crippen LogP) is 3.22. The number of ether oxygens (including phenoxy) is 1. The number of piperidine rings is 1. The Labute approximate surface area is 135 Å². The van der Waals surface area contributed by atoms with E-state index in [4.69, 9.17) is 0 Å². The molecule has 2 aromatic rings. The van der Waals surface area contributed by atoms with Crippen molar-refractivity contribution in [3.05, 3.63) is 41.7 Å². The molecule has 1 aliphatic heterocycles. The molecule has 1 aromatic heterocycles. The fourth-order valence-electron chi connectivity index (χ4n) is 2.97. The van der Waals surface area contributed by atoms with E-state index in [-0.39, 0.29) is 18.0 Å². The van der Waals surface area contributed by atoms with Crippen molar-refractivity contribution in [3.63, 3.8) is 0 Å². The Balaban J connectivity index is 1.75. The van der Waals surface area contributed by atoms with Gasteiger partial charge in [0.25, 0.3) is 0 Å². The van der Waals surface area contributed by atoms with Crippen molar-refractivity contribution in [1.29, 1.82) is 0 Å². The number of halogens is 4. The van der Waals surface area contributed by atoms with Gasteiger partial charge >= 0.3 is 6.36 Å². The summed E-state index contributed by atoms with van der Waals surface area (Å²) in [5.74, 6) is -0.372. The van der Waals surface area contributed by atoms with Gasteiger partial charge in [-0.2, -0.15) is 5.10 Å². The summed E-state index contributed by atoms with van der Waals surface area (Å²) in [4.78, 5) is 6.03. The van der Waals surface area contributed by atoms with Crippen LogP contribution in [-0.4, -0.2) is 39.5 Å². The highest BCUT2D eigenvalue weighted by atomic mass is 19.4. The Kier molecular flexibility index (Phi) is 4.70. The van der Waals surface area contributed by atoms with Gasteiger partial charge in [-0.3, -0.25) is 10.00 Å². The molecule has 3 rings (SSSR count). The van der Waals surface area contributed by atoms with Crippen molar-refractivity contribution in [1.82, 2.24) is 20.1 Å². The van der Waals surface area contributed by atoms with Crippen molar-refractivity contribution in [2.24, 2.45) is 0 Å². The van der Waals surface area contributed by atoms with Gasteiger partial charge in [-0.15, -0.1) is 13.2 Å². The van der Waals surface area contributed by atoms with Crippen LogP contribution in [0.2, 0.25) is 0 Å². The maximum Gasteiger partial charge on any atom is 0.573 e. The molecule has 0 spiro atoms. The van der Waals surface area contributed by atoms with Gasteiger partial charge in [-0.1, -0.05) is 6.07 Å². The first-order valence-corrected chi connectivity index (χ1v) is 7.53. The first-order valence-electron chi connectivity index (χ1n) is 7.53. The molecule has 0 unspecified atom stereocenters. The highest BCUT2D eigenvalue weighted by molar-refractivity contribution is 5.35. The zero-order chi connectivity index (χ0) is 17.2. The van der Waals surface area contributed by atoms with Crippen LogP contribution < -0.4 is 4.74 Å². The lowest BCUT2D eigenvalue weighted by atomic mass is 9.97. The van der Waals surface area contributed by atoms with Crippen LogP contribution in [0.3, 0.4) is 0 Å². The SMILES string of the molecule is Fc1cccc(OC(F)(F)F)c1CN1CCC[C@@H](c2ncn[nH]2)C1. The lowest BCUT2D eigenvalue weighted by Crippen LogP contribution is -2.35. The molecule has 1 fully saturated rings. The van der Waals surface area contributed by atoms with Gasteiger partial charge < -0.3 is 4.74 Å². The fraction of sp³-hybridized carbons (Fsp3) is 0.467.